The van der Waals surface area contributed by atoms with E-state index in [1.807, 2.05) is 6.07 Å². The van der Waals surface area contributed by atoms with Crippen molar-refractivity contribution in [1.82, 2.24) is 25.2 Å². The van der Waals surface area contributed by atoms with Crippen LogP contribution >= 0.6 is 0 Å². The molecule has 2 aromatic heterocycles. The van der Waals surface area contributed by atoms with Crippen LogP contribution in [0.5, 0.6) is 0 Å². The minimum atomic E-state index is -4.43. The molecule has 48 heavy (non-hydrogen) atoms. The van der Waals surface area contributed by atoms with E-state index in [4.69, 9.17) is 14.8 Å². The molecule has 2 aliphatic heterocycles. The molecule has 262 valence electrons. The molecule has 15 heteroatoms. The highest BCUT2D eigenvalue weighted by atomic mass is 19.4. The number of aliphatic imine (C=N–C) groups is 2. The second-order valence-corrected chi connectivity index (χ2v) is 13.6. The van der Waals surface area contributed by atoms with Crippen molar-refractivity contribution in [3.05, 3.63) is 29.2 Å². The zero-order valence-electron chi connectivity index (χ0n) is 27.2. The van der Waals surface area contributed by atoms with Gasteiger partial charge in [-0.25, -0.2) is 18.3 Å². The number of hydrogen-bond acceptors (Lipinski definition) is 7. The molecule has 2 aliphatic carbocycles. The number of alkyl halides is 5. The van der Waals surface area contributed by atoms with Crippen LogP contribution in [-0.2, 0) is 20.7 Å². The zero-order chi connectivity index (χ0) is 34.2. The maximum absolute atomic E-state index is 14.2. The largest absolute Gasteiger partial charge is 0.393 e. The van der Waals surface area contributed by atoms with Crippen LogP contribution < -0.4 is 10.6 Å². The lowest BCUT2D eigenvalue weighted by Crippen LogP contribution is -2.47. The average molecular weight is 680 g/mol. The molecule has 0 unspecified atom stereocenters. The van der Waals surface area contributed by atoms with Crippen molar-refractivity contribution in [3.63, 3.8) is 0 Å². The van der Waals surface area contributed by atoms with Crippen molar-refractivity contribution in [2.24, 2.45) is 33.7 Å². The molecule has 4 heterocycles. The fraction of sp³-hybridized carbons (Fsp3) is 0.697. The number of amides is 2. The number of ether oxygens (including phenoxy) is 1. The molecule has 0 aromatic carbocycles. The summed E-state index contributed by atoms with van der Waals surface area (Å²) < 4.78 is 76.4. The van der Waals surface area contributed by atoms with Crippen molar-refractivity contribution < 1.29 is 36.3 Å². The number of halogens is 5. The maximum atomic E-state index is 14.2. The van der Waals surface area contributed by atoms with Crippen LogP contribution in [0.15, 0.2) is 22.2 Å². The van der Waals surface area contributed by atoms with Gasteiger partial charge in [-0.1, -0.05) is 0 Å². The number of aromatic nitrogens is 3. The normalized spacial score (nSPS) is 25.6. The fourth-order valence-electron chi connectivity index (χ4n) is 7.43. The predicted octanol–water partition coefficient (Wildman–Crippen LogP) is 5.01. The Morgan fingerprint density at radius 2 is 1.83 bits per heavy atom. The Bertz CT molecular complexity index is 1570. The van der Waals surface area contributed by atoms with Gasteiger partial charge in [-0.3, -0.25) is 19.6 Å². The Balaban J connectivity index is 1.35. The van der Waals surface area contributed by atoms with E-state index in [2.05, 4.69) is 20.6 Å². The molecular weight excluding hydrogens is 637 g/mol. The second kappa shape index (κ2) is 13.8. The Hall–Kier alpha value is -3.49. The van der Waals surface area contributed by atoms with E-state index in [0.29, 0.717) is 48.8 Å². The van der Waals surface area contributed by atoms with Crippen molar-refractivity contribution in [1.29, 1.82) is 0 Å². The van der Waals surface area contributed by atoms with E-state index in [1.165, 1.54) is 11.6 Å². The minimum absolute atomic E-state index is 0.00467. The first-order valence-electron chi connectivity index (χ1n) is 16.8. The number of nitrogens with one attached hydrogen (secondary N) is 2. The Labute approximate surface area is 275 Å². The second-order valence-electron chi connectivity index (χ2n) is 13.6. The minimum Gasteiger partial charge on any atom is -0.381 e. The number of carbonyl (C=O) groups excluding carboxylic acids is 2. The predicted molar refractivity (Wildman–Crippen MR) is 167 cm³/mol. The Kier molecular flexibility index (Phi) is 9.88. The van der Waals surface area contributed by atoms with Crippen LogP contribution in [0.2, 0.25) is 0 Å². The third kappa shape index (κ3) is 7.55. The number of carbonyl (C=O) groups is 2. The average Bonchev–Trinajstić information content (AvgIpc) is 3.81. The van der Waals surface area contributed by atoms with Gasteiger partial charge in [-0.15, -0.1) is 0 Å². The van der Waals surface area contributed by atoms with Gasteiger partial charge in [0.1, 0.15) is 5.71 Å². The van der Waals surface area contributed by atoms with Gasteiger partial charge < -0.3 is 15.4 Å². The van der Waals surface area contributed by atoms with Crippen molar-refractivity contribution in [2.45, 2.75) is 88.3 Å². The summed E-state index contributed by atoms with van der Waals surface area (Å²) in [4.78, 5) is 39.9. The van der Waals surface area contributed by atoms with E-state index in [9.17, 15) is 31.5 Å². The molecule has 2 saturated heterocycles. The number of hydrogen-bond donors (Lipinski definition) is 2. The third-order valence-electron chi connectivity index (χ3n) is 10.3. The summed E-state index contributed by atoms with van der Waals surface area (Å²) in [5, 5.41) is 10.3. The van der Waals surface area contributed by atoms with Gasteiger partial charge in [0.25, 0.3) is 5.91 Å². The quantitative estimate of drug-likeness (QED) is 0.285. The van der Waals surface area contributed by atoms with E-state index in [-0.39, 0.29) is 62.0 Å². The van der Waals surface area contributed by atoms with Crippen molar-refractivity contribution in [2.75, 3.05) is 33.9 Å². The van der Waals surface area contributed by atoms with Gasteiger partial charge in [0.15, 0.2) is 5.65 Å². The SMILES string of the molecule is CN=C(C(=O)N[C@H](c1cn2nc(C[C@H]3C[C@@H](C(F)(F)F)CNC3=O)c(C3CCOCC3)cc2n1)C1CCC(F)(F)CC1)C(=NC)C1CC1. The summed E-state index contributed by atoms with van der Waals surface area (Å²) in [5.41, 5.74) is 3.02. The summed E-state index contributed by atoms with van der Waals surface area (Å²) >= 11 is 0. The van der Waals surface area contributed by atoms with Gasteiger partial charge in [0.05, 0.1) is 35.3 Å². The standard InChI is InChI=1S/C33H42F5N7O3/c1-39-28(19-3-4-19)29(40-2)31(47)43-27(20-5-9-32(34,35)10-6-20)25-17-45-26(42-25)15-23(18-7-11-48-12-8-18)24(44-45)14-21-13-22(33(36,37)38)16-41-30(21)46/h15,17-22,27H,3-14,16H2,1-2H3,(H,41,46)(H,43,47)/t21-,22-,27+/m1/s1. The van der Waals surface area contributed by atoms with Crippen LogP contribution in [-0.4, -0.2) is 83.8 Å². The van der Waals surface area contributed by atoms with Crippen LogP contribution in [0.1, 0.15) is 86.7 Å². The molecule has 0 spiro atoms. The van der Waals surface area contributed by atoms with Crippen molar-refractivity contribution in [3.8, 4) is 0 Å². The van der Waals surface area contributed by atoms with Gasteiger partial charge in [0, 0.05) is 65.0 Å². The van der Waals surface area contributed by atoms with Crippen LogP contribution in [0.3, 0.4) is 0 Å². The molecular formula is C33H42F5N7O3. The van der Waals surface area contributed by atoms with E-state index in [1.54, 1.807) is 13.2 Å². The number of rotatable bonds is 9. The highest BCUT2D eigenvalue weighted by Gasteiger charge is 2.45. The Morgan fingerprint density at radius 1 is 1.12 bits per heavy atom. The molecule has 10 nitrogen and oxygen atoms in total. The summed E-state index contributed by atoms with van der Waals surface area (Å²) in [7, 11) is 3.14. The van der Waals surface area contributed by atoms with E-state index >= 15 is 0 Å². The van der Waals surface area contributed by atoms with Crippen LogP contribution in [0.25, 0.3) is 5.65 Å². The fourth-order valence-corrected chi connectivity index (χ4v) is 7.43. The molecule has 0 bridgehead atoms. The lowest BCUT2D eigenvalue weighted by molar-refractivity contribution is -0.183. The molecule has 4 fully saturated rings. The van der Waals surface area contributed by atoms with E-state index in [0.717, 1.165) is 18.4 Å². The summed E-state index contributed by atoms with van der Waals surface area (Å²) in [6.07, 6.45) is -0.203. The highest BCUT2D eigenvalue weighted by Crippen LogP contribution is 2.42. The molecule has 2 saturated carbocycles. The van der Waals surface area contributed by atoms with Gasteiger partial charge in [-0.05, 0) is 68.4 Å². The smallest absolute Gasteiger partial charge is 0.381 e. The van der Waals surface area contributed by atoms with Gasteiger partial charge >= 0.3 is 6.18 Å². The van der Waals surface area contributed by atoms with Crippen LogP contribution in [0, 0.1) is 23.7 Å². The molecule has 2 aromatic rings. The summed E-state index contributed by atoms with van der Waals surface area (Å²) in [6.45, 7) is 0.585. The summed E-state index contributed by atoms with van der Waals surface area (Å²) in [5.74, 6) is -6.40. The van der Waals surface area contributed by atoms with Crippen molar-refractivity contribution >= 4 is 28.9 Å². The first-order chi connectivity index (χ1) is 22.9. The highest BCUT2D eigenvalue weighted by molar-refractivity contribution is 6.67. The molecule has 2 N–H and O–H groups in total. The number of piperidine rings is 1. The Morgan fingerprint density at radius 3 is 2.46 bits per heavy atom. The number of nitrogens with zero attached hydrogens (tertiary/aromatic N) is 5. The first kappa shape index (κ1) is 34.4. The van der Waals surface area contributed by atoms with E-state index < -0.39 is 48.3 Å². The van der Waals surface area contributed by atoms with Crippen LogP contribution in [0.4, 0.5) is 22.0 Å². The lowest BCUT2D eigenvalue weighted by Gasteiger charge is -2.33. The van der Waals surface area contributed by atoms with Gasteiger partial charge in [0.2, 0.25) is 11.8 Å². The maximum Gasteiger partial charge on any atom is 0.393 e. The molecule has 4 aliphatic rings. The van der Waals surface area contributed by atoms with Gasteiger partial charge in [-0.2, -0.15) is 18.3 Å². The topological polar surface area (TPSA) is 122 Å². The number of fused-ring (bicyclic) bond motifs is 1. The zero-order valence-corrected chi connectivity index (χ0v) is 27.2. The molecule has 6 rings (SSSR count). The third-order valence-corrected chi connectivity index (χ3v) is 10.3. The molecule has 3 atom stereocenters. The lowest BCUT2D eigenvalue weighted by atomic mass is 9.81. The first-order valence-corrected chi connectivity index (χ1v) is 16.8. The number of imidazole rings is 1. The molecule has 0 radical (unpaired) electrons. The summed E-state index contributed by atoms with van der Waals surface area (Å²) in [6, 6.07) is 1.13. The monoisotopic (exact) mass is 679 g/mol. The molecule has 2 amide bonds.